The summed E-state index contributed by atoms with van der Waals surface area (Å²) >= 11 is 0. The molecule has 0 aromatic rings. The molecule has 114 valence electrons. The summed E-state index contributed by atoms with van der Waals surface area (Å²) in [6.07, 6.45) is 3.16. The molecule has 1 fully saturated rings. The van der Waals surface area contributed by atoms with Gasteiger partial charge in [-0.15, -0.1) is 0 Å². The SMILES string of the molecule is COC(C)(C)CCC(CC1CN(C)CCN1C)NN. The van der Waals surface area contributed by atoms with E-state index in [1.165, 1.54) is 0 Å². The standard InChI is InChI=1S/C14H32N4O/c1-14(2,19-5)7-6-12(16-15)10-13-11-17(3)8-9-18(13)4/h12-13,16H,6-11,15H2,1-5H3. The average molecular weight is 272 g/mol. The van der Waals surface area contributed by atoms with E-state index in [2.05, 4.69) is 43.2 Å². The lowest BCUT2D eigenvalue weighted by molar-refractivity contribution is 0.0101. The van der Waals surface area contributed by atoms with Crippen LogP contribution in [0.3, 0.4) is 0 Å². The Hall–Kier alpha value is -0.200. The van der Waals surface area contributed by atoms with Crippen LogP contribution in [-0.4, -0.2) is 68.3 Å². The Morgan fingerprint density at radius 1 is 1.37 bits per heavy atom. The van der Waals surface area contributed by atoms with Crippen LogP contribution in [0.15, 0.2) is 0 Å². The van der Waals surface area contributed by atoms with Gasteiger partial charge in [0, 0.05) is 38.8 Å². The van der Waals surface area contributed by atoms with Crippen LogP contribution in [0.5, 0.6) is 0 Å². The largest absolute Gasteiger partial charge is 0.379 e. The third-order valence-corrected chi connectivity index (χ3v) is 4.42. The maximum absolute atomic E-state index is 5.72. The molecular formula is C14H32N4O. The Bertz CT molecular complexity index is 260. The zero-order valence-electron chi connectivity index (χ0n) is 13.3. The molecule has 2 unspecified atom stereocenters. The normalized spacial score (nSPS) is 24.6. The summed E-state index contributed by atoms with van der Waals surface area (Å²) in [5.74, 6) is 5.72. The molecule has 5 heteroatoms. The number of hydrazine groups is 1. The smallest absolute Gasteiger partial charge is 0.0623 e. The molecule has 1 aliphatic rings. The molecule has 1 saturated heterocycles. The summed E-state index contributed by atoms with van der Waals surface area (Å²) in [6.45, 7) is 7.68. The number of methoxy groups -OCH3 is 1. The molecule has 19 heavy (non-hydrogen) atoms. The molecule has 1 aliphatic heterocycles. The number of ether oxygens (including phenoxy) is 1. The van der Waals surface area contributed by atoms with Crippen LogP contribution < -0.4 is 11.3 Å². The van der Waals surface area contributed by atoms with Crippen molar-refractivity contribution >= 4 is 0 Å². The maximum Gasteiger partial charge on any atom is 0.0623 e. The van der Waals surface area contributed by atoms with E-state index >= 15 is 0 Å². The van der Waals surface area contributed by atoms with Crippen molar-refractivity contribution in [2.45, 2.75) is 50.8 Å². The Labute approximate surface area is 118 Å². The lowest BCUT2D eigenvalue weighted by atomic mass is 9.94. The molecule has 0 bridgehead atoms. The molecule has 0 aromatic carbocycles. The molecule has 0 saturated carbocycles. The topological polar surface area (TPSA) is 53.8 Å². The quantitative estimate of drug-likeness (QED) is 0.527. The van der Waals surface area contributed by atoms with Crippen LogP contribution in [0.4, 0.5) is 0 Å². The van der Waals surface area contributed by atoms with Crippen molar-refractivity contribution in [3.8, 4) is 0 Å². The van der Waals surface area contributed by atoms with E-state index in [-0.39, 0.29) is 5.60 Å². The van der Waals surface area contributed by atoms with E-state index in [1.54, 1.807) is 7.11 Å². The van der Waals surface area contributed by atoms with Crippen molar-refractivity contribution in [1.29, 1.82) is 0 Å². The molecule has 2 atom stereocenters. The number of nitrogens with zero attached hydrogens (tertiary/aromatic N) is 2. The number of nitrogens with two attached hydrogens (primary N) is 1. The first-order valence-corrected chi connectivity index (χ1v) is 7.28. The molecule has 0 aliphatic carbocycles. The number of rotatable bonds is 7. The highest BCUT2D eigenvalue weighted by Gasteiger charge is 2.26. The van der Waals surface area contributed by atoms with Crippen molar-refractivity contribution < 1.29 is 4.74 Å². The van der Waals surface area contributed by atoms with E-state index in [4.69, 9.17) is 10.6 Å². The second-order valence-electron chi connectivity index (χ2n) is 6.50. The summed E-state index contributed by atoms with van der Waals surface area (Å²) in [4.78, 5) is 4.85. The van der Waals surface area contributed by atoms with Gasteiger partial charge in [0.1, 0.15) is 0 Å². The highest BCUT2D eigenvalue weighted by atomic mass is 16.5. The van der Waals surface area contributed by atoms with Gasteiger partial charge in [0.05, 0.1) is 5.60 Å². The van der Waals surface area contributed by atoms with Gasteiger partial charge in [-0.2, -0.15) is 0 Å². The lowest BCUT2D eigenvalue weighted by Crippen LogP contribution is -2.53. The second kappa shape index (κ2) is 7.55. The molecule has 3 N–H and O–H groups in total. The van der Waals surface area contributed by atoms with Gasteiger partial charge >= 0.3 is 0 Å². The lowest BCUT2D eigenvalue weighted by Gasteiger charge is -2.39. The van der Waals surface area contributed by atoms with Gasteiger partial charge in [0.2, 0.25) is 0 Å². The Kier molecular flexibility index (Phi) is 6.69. The summed E-state index contributed by atoms with van der Waals surface area (Å²) in [5.41, 5.74) is 2.92. The van der Waals surface area contributed by atoms with Crippen LogP contribution in [-0.2, 0) is 4.74 Å². The first-order valence-electron chi connectivity index (χ1n) is 7.28. The minimum atomic E-state index is -0.0651. The first-order chi connectivity index (χ1) is 8.88. The van der Waals surface area contributed by atoms with Gasteiger partial charge in [-0.05, 0) is 47.2 Å². The fourth-order valence-electron chi connectivity index (χ4n) is 2.58. The average Bonchev–Trinajstić information content (AvgIpc) is 2.38. The summed E-state index contributed by atoms with van der Waals surface area (Å²) in [7, 11) is 6.18. The van der Waals surface area contributed by atoms with Gasteiger partial charge < -0.3 is 14.5 Å². The molecule has 0 amide bonds. The molecule has 1 heterocycles. The third kappa shape index (κ3) is 5.75. The Morgan fingerprint density at radius 2 is 2.05 bits per heavy atom. The zero-order chi connectivity index (χ0) is 14.5. The van der Waals surface area contributed by atoms with Crippen LogP contribution in [0.25, 0.3) is 0 Å². The van der Waals surface area contributed by atoms with Crippen LogP contribution >= 0.6 is 0 Å². The fourth-order valence-corrected chi connectivity index (χ4v) is 2.58. The predicted molar refractivity (Wildman–Crippen MR) is 80.0 cm³/mol. The maximum atomic E-state index is 5.72. The van der Waals surface area contributed by atoms with Gasteiger partial charge in [-0.3, -0.25) is 11.3 Å². The van der Waals surface area contributed by atoms with Crippen molar-refractivity contribution in [2.75, 3.05) is 40.8 Å². The summed E-state index contributed by atoms with van der Waals surface area (Å²) in [6, 6.07) is 0.943. The summed E-state index contributed by atoms with van der Waals surface area (Å²) in [5, 5.41) is 0. The van der Waals surface area contributed by atoms with Crippen molar-refractivity contribution in [2.24, 2.45) is 5.84 Å². The van der Waals surface area contributed by atoms with E-state index in [1.807, 2.05) is 0 Å². The van der Waals surface area contributed by atoms with Gasteiger partial charge in [0.25, 0.3) is 0 Å². The number of hydrogen-bond acceptors (Lipinski definition) is 5. The predicted octanol–water partition coefficient (Wildman–Crippen LogP) is 0.659. The number of likely N-dealkylation sites (N-methyl/N-ethyl adjacent to an activating group) is 2. The summed E-state index contributed by atoms with van der Waals surface area (Å²) < 4.78 is 5.47. The van der Waals surface area contributed by atoms with Crippen LogP contribution in [0, 0.1) is 0 Å². The fraction of sp³-hybridized carbons (Fsp3) is 1.00. The van der Waals surface area contributed by atoms with Crippen molar-refractivity contribution in [1.82, 2.24) is 15.2 Å². The molecule has 0 spiro atoms. The molecular weight excluding hydrogens is 240 g/mol. The van der Waals surface area contributed by atoms with Crippen molar-refractivity contribution in [3.63, 3.8) is 0 Å². The number of piperazine rings is 1. The van der Waals surface area contributed by atoms with Gasteiger partial charge in [-0.25, -0.2) is 0 Å². The van der Waals surface area contributed by atoms with E-state index in [9.17, 15) is 0 Å². The molecule has 1 rings (SSSR count). The number of nitrogens with one attached hydrogen (secondary N) is 1. The highest BCUT2D eigenvalue weighted by molar-refractivity contribution is 4.83. The molecule has 5 nitrogen and oxygen atoms in total. The highest BCUT2D eigenvalue weighted by Crippen LogP contribution is 2.20. The third-order valence-electron chi connectivity index (χ3n) is 4.42. The monoisotopic (exact) mass is 272 g/mol. The number of hydrogen-bond donors (Lipinski definition) is 2. The van der Waals surface area contributed by atoms with Gasteiger partial charge in [-0.1, -0.05) is 0 Å². The van der Waals surface area contributed by atoms with E-state index in [0.29, 0.717) is 12.1 Å². The second-order valence-corrected chi connectivity index (χ2v) is 6.50. The first kappa shape index (κ1) is 16.9. The molecule has 0 radical (unpaired) electrons. The van der Waals surface area contributed by atoms with E-state index < -0.39 is 0 Å². The van der Waals surface area contributed by atoms with Crippen molar-refractivity contribution in [3.05, 3.63) is 0 Å². The van der Waals surface area contributed by atoms with Crippen LogP contribution in [0.2, 0.25) is 0 Å². The van der Waals surface area contributed by atoms with E-state index in [0.717, 1.165) is 38.9 Å². The van der Waals surface area contributed by atoms with Gasteiger partial charge in [0.15, 0.2) is 0 Å². The zero-order valence-corrected chi connectivity index (χ0v) is 13.3. The minimum Gasteiger partial charge on any atom is -0.379 e. The van der Waals surface area contributed by atoms with Crippen LogP contribution in [0.1, 0.15) is 33.1 Å². The Morgan fingerprint density at radius 3 is 2.63 bits per heavy atom. The minimum absolute atomic E-state index is 0.0651. The Balaban J connectivity index is 2.42. The molecule has 0 aromatic heterocycles.